The van der Waals surface area contributed by atoms with Crippen LogP contribution < -0.4 is 0 Å². The van der Waals surface area contributed by atoms with Crippen LogP contribution in [0.5, 0.6) is 0 Å². The molecule has 1 aliphatic rings. The van der Waals surface area contributed by atoms with Crippen LogP contribution in [0.1, 0.15) is 27.7 Å². The van der Waals surface area contributed by atoms with Crippen molar-refractivity contribution in [1.29, 1.82) is 0 Å². The average molecular weight is 196 g/mol. The van der Waals surface area contributed by atoms with E-state index in [1.54, 1.807) is 0 Å². The smallest absolute Gasteiger partial charge is 0.0820 e. The number of hydrogen-bond acceptors (Lipinski definition) is 0. The van der Waals surface area contributed by atoms with Gasteiger partial charge in [-0.3, -0.25) is 0 Å². The number of quaternary nitrogens is 1. The zero-order valence-corrected chi connectivity index (χ0v) is 10.9. The maximum atomic E-state index is 2.46. The molecule has 2 atom stereocenters. The van der Waals surface area contributed by atoms with Gasteiger partial charge in [0.05, 0.1) is 27.7 Å². The first-order chi connectivity index (χ1) is 6.14. The summed E-state index contributed by atoms with van der Waals surface area (Å²) in [5.74, 6) is 1.68. The molecule has 1 heteroatoms. The molecule has 0 saturated heterocycles. The van der Waals surface area contributed by atoms with Crippen LogP contribution in [0, 0.1) is 17.3 Å². The average Bonchev–Trinajstić information content (AvgIpc) is 2.34. The lowest BCUT2D eigenvalue weighted by Gasteiger charge is -2.24. The normalized spacial score (nSPS) is 29.9. The highest BCUT2D eigenvalue weighted by molar-refractivity contribution is 5.16. The fourth-order valence-electron chi connectivity index (χ4n) is 2.42. The van der Waals surface area contributed by atoms with E-state index in [4.69, 9.17) is 0 Å². The van der Waals surface area contributed by atoms with E-state index >= 15 is 0 Å². The lowest BCUT2D eigenvalue weighted by molar-refractivity contribution is -0.872. The summed E-state index contributed by atoms with van der Waals surface area (Å²) < 4.78 is 1.08. The Labute approximate surface area is 89.4 Å². The molecule has 0 aromatic carbocycles. The summed E-state index contributed by atoms with van der Waals surface area (Å²) in [5, 5.41) is 0. The van der Waals surface area contributed by atoms with Crippen molar-refractivity contribution >= 4 is 0 Å². The summed E-state index contributed by atoms with van der Waals surface area (Å²) in [5.41, 5.74) is 2.00. The highest BCUT2D eigenvalue weighted by atomic mass is 15.3. The summed E-state index contributed by atoms with van der Waals surface area (Å²) in [6, 6.07) is 0. The first-order valence-corrected chi connectivity index (χ1v) is 5.60. The molecule has 0 aromatic rings. The summed E-state index contributed by atoms with van der Waals surface area (Å²) in [6.45, 7) is 10.5. The topological polar surface area (TPSA) is 0 Å². The van der Waals surface area contributed by atoms with Crippen LogP contribution in [0.3, 0.4) is 0 Å². The van der Waals surface area contributed by atoms with E-state index in [0.29, 0.717) is 5.41 Å². The van der Waals surface area contributed by atoms with Gasteiger partial charge >= 0.3 is 0 Å². The van der Waals surface area contributed by atoms with Gasteiger partial charge in [0.25, 0.3) is 0 Å². The van der Waals surface area contributed by atoms with Gasteiger partial charge in [-0.1, -0.05) is 25.5 Å². The minimum atomic E-state index is 0.531. The van der Waals surface area contributed by atoms with Gasteiger partial charge in [0, 0.05) is 5.92 Å². The van der Waals surface area contributed by atoms with Gasteiger partial charge in [-0.2, -0.15) is 0 Å². The van der Waals surface area contributed by atoms with Gasteiger partial charge in [0.15, 0.2) is 0 Å². The maximum absolute atomic E-state index is 2.46. The molecule has 0 aliphatic heterocycles. The van der Waals surface area contributed by atoms with Gasteiger partial charge in [-0.25, -0.2) is 0 Å². The molecule has 0 amide bonds. The quantitative estimate of drug-likeness (QED) is 0.481. The summed E-state index contributed by atoms with van der Waals surface area (Å²) >= 11 is 0. The van der Waals surface area contributed by atoms with Crippen LogP contribution in [0.2, 0.25) is 0 Å². The Morgan fingerprint density at radius 1 is 1.21 bits per heavy atom. The molecular formula is C13H26N+. The van der Waals surface area contributed by atoms with E-state index in [1.807, 2.05) is 0 Å². The fraction of sp³-hybridized carbons (Fsp3) is 0.846. The number of rotatable bonds is 3. The van der Waals surface area contributed by atoms with E-state index in [1.165, 1.54) is 12.1 Å². The number of allylic oxidation sites excluding steroid dienone is 2. The second kappa shape index (κ2) is 3.37. The Hall–Kier alpha value is -0.300. The van der Waals surface area contributed by atoms with Crippen LogP contribution in [-0.4, -0.2) is 32.2 Å². The van der Waals surface area contributed by atoms with E-state index in [9.17, 15) is 0 Å². The molecule has 14 heavy (non-hydrogen) atoms. The summed E-state index contributed by atoms with van der Waals surface area (Å²) in [7, 11) is 6.86. The predicted molar refractivity (Wildman–Crippen MR) is 63.1 cm³/mol. The lowest BCUT2D eigenvalue weighted by Crippen LogP contribution is -2.37. The zero-order chi connectivity index (χ0) is 11.1. The first-order valence-electron chi connectivity index (χ1n) is 5.60. The van der Waals surface area contributed by atoms with Crippen molar-refractivity contribution in [3.8, 4) is 0 Å². The Kier molecular flexibility index (Phi) is 2.84. The molecule has 1 nitrogen and oxygen atoms in total. The third-order valence-electron chi connectivity index (χ3n) is 3.40. The van der Waals surface area contributed by atoms with Crippen LogP contribution in [0.4, 0.5) is 0 Å². The van der Waals surface area contributed by atoms with Gasteiger partial charge in [-0.05, 0) is 25.2 Å². The predicted octanol–water partition coefficient (Wildman–Crippen LogP) is 2.93. The lowest BCUT2D eigenvalue weighted by atomic mass is 10.1. The van der Waals surface area contributed by atoms with Crippen molar-refractivity contribution < 1.29 is 4.48 Å². The molecule has 1 aliphatic carbocycles. The molecule has 0 bridgehead atoms. The number of nitrogens with zero attached hydrogens (tertiary/aromatic N) is 1. The van der Waals surface area contributed by atoms with Crippen LogP contribution >= 0.6 is 0 Å². The van der Waals surface area contributed by atoms with Crippen LogP contribution in [0.15, 0.2) is 11.6 Å². The standard InChI is InChI=1S/C13H26N/c1-10(2)8-11-12(13(11,3)4)9-14(5,6)7/h8,11-12H,9H2,1-7H3/q+1. The molecule has 0 spiro atoms. The van der Waals surface area contributed by atoms with E-state index in [-0.39, 0.29) is 0 Å². The van der Waals surface area contributed by atoms with Crippen LogP contribution in [-0.2, 0) is 0 Å². The van der Waals surface area contributed by atoms with E-state index in [0.717, 1.165) is 16.3 Å². The zero-order valence-electron chi connectivity index (χ0n) is 10.9. The van der Waals surface area contributed by atoms with Crippen molar-refractivity contribution in [2.75, 3.05) is 27.7 Å². The maximum Gasteiger partial charge on any atom is 0.0820 e. The fourth-order valence-corrected chi connectivity index (χ4v) is 2.42. The second-order valence-electron chi connectivity index (χ2n) is 6.67. The van der Waals surface area contributed by atoms with Gasteiger partial charge in [0.2, 0.25) is 0 Å². The SMILES string of the molecule is CC(C)=CC1C(C[N+](C)(C)C)C1(C)C. The van der Waals surface area contributed by atoms with Crippen molar-refractivity contribution in [1.82, 2.24) is 0 Å². The van der Waals surface area contributed by atoms with Crippen molar-refractivity contribution in [3.05, 3.63) is 11.6 Å². The molecule has 2 unspecified atom stereocenters. The molecule has 1 saturated carbocycles. The largest absolute Gasteiger partial charge is 0.331 e. The molecule has 1 fully saturated rings. The monoisotopic (exact) mass is 196 g/mol. The van der Waals surface area contributed by atoms with E-state index < -0.39 is 0 Å². The van der Waals surface area contributed by atoms with Gasteiger partial charge < -0.3 is 4.48 Å². The van der Waals surface area contributed by atoms with Gasteiger partial charge in [-0.15, -0.1) is 0 Å². The minimum absolute atomic E-state index is 0.531. The third kappa shape index (κ3) is 2.60. The first kappa shape index (κ1) is 11.8. The van der Waals surface area contributed by atoms with Crippen LogP contribution in [0.25, 0.3) is 0 Å². The Morgan fingerprint density at radius 3 is 2.07 bits per heavy atom. The summed E-state index contributed by atoms with van der Waals surface area (Å²) in [4.78, 5) is 0. The Bertz CT molecular complexity index is 238. The highest BCUT2D eigenvalue weighted by Crippen LogP contribution is 2.59. The molecule has 0 radical (unpaired) electrons. The highest BCUT2D eigenvalue weighted by Gasteiger charge is 2.58. The Morgan fingerprint density at radius 2 is 1.71 bits per heavy atom. The molecular weight excluding hydrogens is 170 g/mol. The molecule has 82 valence electrons. The Balaban J connectivity index is 2.63. The number of hydrogen-bond donors (Lipinski definition) is 0. The van der Waals surface area contributed by atoms with Crippen molar-refractivity contribution in [2.24, 2.45) is 17.3 Å². The minimum Gasteiger partial charge on any atom is -0.331 e. The van der Waals surface area contributed by atoms with E-state index in [2.05, 4.69) is 54.9 Å². The van der Waals surface area contributed by atoms with Crippen molar-refractivity contribution in [3.63, 3.8) is 0 Å². The molecule has 0 heterocycles. The summed E-state index contributed by atoms with van der Waals surface area (Å²) in [6.07, 6.45) is 2.46. The molecule has 0 aromatic heterocycles. The van der Waals surface area contributed by atoms with Crippen molar-refractivity contribution in [2.45, 2.75) is 27.7 Å². The molecule has 1 rings (SSSR count). The molecule has 0 N–H and O–H groups in total. The van der Waals surface area contributed by atoms with Gasteiger partial charge in [0.1, 0.15) is 0 Å². The second-order valence-corrected chi connectivity index (χ2v) is 6.67. The third-order valence-corrected chi connectivity index (χ3v) is 3.40.